The first-order valence-corrected chi connectivity index (χ1v) is 13.3. The number of hydrogen-bond donors (Lipinski definition) is 3. The van der Waals surface area contributed by atoms with Crippen molar-refractivity contribution in [3.63, 3.8) is 0 Å². The Balaban J connectivity index is 2.54. The summed E-state index contributed by atoms with van der Waals surface area (Å²) in [6, 6.07) is 12.5. The molecule has 3 N–H and O–H groups in total. The van der Waals surface area contributed by atoms with Crippen LogP contribution in [0.3, 0.4) is 0 Å². The minimum Gasteiger partial charge on any atom is -0.508 e. The van der Waals surface area contributed by atoms with Gasteiger partial charge in [0.05, 0.1) is 6.07 Å². The standard InChI is InChI=1S/C31H38N4O5/c1-6-8-11-19-33-28(37)27(25-13-10-9-12-23(25)7-2)35(20-18-32)29(38)26(34-30(39)40-31(3,4)5)21-22-14-16-24(36)17-15-22/h2,9-10,12-17,26-27,36H,6,8,11,19-21H2,1,3-5H3,(H,33,37)(H,34,39). The van der Waals surface area contributed by atoms with Gasteiger partial charge in [-0.25, -0.2) is 4.79 Å². The van der Waals surface area contributed by atoms with Crippen LogP contribution < -0.4 is 10.6 Å². The third-order valence-corrected chi connectivity index (χ3v) is 5.94. The molecule has 0 fully saturated rings. The van der Waals surface area contributed by atoms with E-state index >= 15 is 0 Å². The molecule has 2 rings (SSSR count). The van der Waals surface area contributed by atoms with Crippen LogP contribution in [0.1, 0.15) is 69.7 Å². The summed E-state index contributed by atoms with van der Waals surface area (Å²) in [5.41, 5.74) is 0.605. The van der Waals surface area contributed by atoms with Gasteiger partial charge in [0.15, 0.2) is 0 Å². The molecular weight excluding hydrogens is 508 g/mol. The number of nitrogens with zero attached hydrogens (tertiary/aromatic N) is 2. The minimum atomic E-state index is -1.22. The fourth-order valence-electron chi connectivity index (χ4n) is 4.09. The highest BCUT2D eigenvalue weighted by molar-refractivity contribution is 5.92. The first-order valence-electron chi connectivity index (χ1n) is 13.3. The quantitative estimate of drug-likeness (QED) is 0.208. The molecule has 0 saturated carbocycles. The van der Waals surface area contributed by atoms with Crippen LogP contribution in [0.5, 0.6) is 5.75 Å². The molecule has 2 aromatic rings. The van der Waals surface area contributed by atoms with Crippen molar-refractivity contribution in [2.45, 2.75) is 71.1 Å². The Labute approximate surface area is 236 Å². The molecule has 2 aromatic carbocycles. The van der Waals surface area contributed by atoms with Gasteiger partial charge in [0.2, 0.25) is 11.8 Å². The van der Waals surface area contributed by atoms with E-state index in [-0.39, 0.29) is 12.2 Å². The number of carbonyl (C=O) groups is 3. The molecule has 0 spiro atoms. The van der Waals surface area contributed by atoms with Crippen LogP contribution in [0.4, 0.5) is 4.79 Å². The lowest BCUT2D eigenvalue weighted by Gasteiger charge is -2.33. The van der Waals surface area contributed by atoms with E-state index in [1.54, 1.807) is 57.2 Å². The number of aromatic hydroxyl groups is 1. The molecule has 0 aromatic heterocycles. The SMILES string of the molecule is C#Cc1ccccc1C(C(=O)NCCCCC)N(CC#N)C(=O)C(Cc1ccc(O)cc1)NC(=O)OC(C)(C)C. The lowest BCUT2D eigenvalue weighted by Crippen LogP contribution is -2.54. The van der Waals surface area contributed by atoms with Crippen LogP contribution >= 0.6 is 0 Å². The highest BCUT2D eigenvalue weighted by atomic mass is 16.6. The van der Waals surface area contributed by atoms with E-state index in [4.69, 9.17) is 11.2 Å². The number of phenols is 1. The van der Waals surface area contributed by atoms with Crippen molar-refractivity contribution >= 4 is 17.9 Å². The van der Waals surface area contributed by atoms with Gasteiger partial charge in [-0.1, -0.05) is 56.0 Å². The molecule has 0 saturated heterocycles. The van der Waals surface area contributed by atoms with Crippen LogP contribution in [0, 0.1) is 23.7 Å². The molecule has 0 aliphatic carbocycles. The number of terminal acetylenes is 1. The van der Waals surface area contributed by atoms with Crippen LogP contribution in [0.15, 0.2) is 48.5 Å². The number of phenolic OH excluding ortho intramolecular Hbond substituents is 1. The molecule has 9 heteroatoms. The van der Waals surface area contributed by atoms with E-state index in [1.807, 2.05) is 13.0 Å². The number of nitriles is 1. The fraction of sp³-hybridized carbons (Fsp3) is 0.419. The smallest absolute Gasteiger partial charge is 0.408 e. The minimum absolute atomic E-state index is 0.0158. The van der Waals surface area contributed by atoms with E-state index in [0.717, 1.165) is 24.2 Å². The van der Waals surface area contributed by atoms with Crippen molar-refractivity contribution in [1.29, 1.82) is 5.26 Å². The Bertz CT molecular complexity index is 1240. The molecule has 212 valence electrons. The average Bonchev–Trinajstić information content (AvgIpc) is 2.90. The van der Waals surface area contributed by atoms with Gasteiger partial charge in [-0.2, -0.15) is 5.26 Å². The average molecular weight is 547 g/mol. The monoisotopic (exact) mass is 546 g/mol. The van der Waals surface area contributed by atoms with Crippen molar-refractivity contribution in [2.75, 3.05) is 13.1 Å². The summed E-state index contributed by atoms with van der Waals surface area (Å²) in [7, 11) is 0. The second-order valence-corrected chi connectivity index (χ2v) is 10.3. The second kappa shape index (κ2) is 15.2. The van der Waals surface area contributed by atoms with E-state index < -0.39 is 42.1 Å². The number of benzene rings is 2. The van der Waals surface area contributed by atoms with Gasteiger partial charge < -0.3 is 25.4 Å². The van der Waals surface area contributed by atoms with Crippen molar-refractivity contribution in [2.24, 2.45) is 0 Å². The molecule has 40 heavy (non-hydrogen) atoms. The highest BCUT2D eigenvalue weighted by Crippen LogP contribution is 2.26. The number of nitrogens with one attached hydrogen (secondary N) is 2. The largest absolute Gasteiger partial charge is 0.508 e. The first-order chi connectivity index (χ1) is 19.0. The highest BCUT2D eigenvalue weighted by Gasteiger charge is 2.37. The summed E-state index contributed by atoms with van der Waals surface area (Å²) in [4.78, 5) is 41.6. The molecule has 0 aliphatic heterocycles. The summed E-state index contributed by atoms with van der Waals surface area (Å²) in [5, 5.41) is 24.9. The number of ether oxygens (including phenoxy) is 1. The van der Waals surface area contributed by atoms with Crippen LogP contribution in [0.25, 0.3) is 0 Å². The van der Waals surface area contributed by atoms with Gasteiger partial charge >= 0.3 is 6.09 Å². The predicted octanol–water partition coefficient (Wildman–Crippen LogP) is 4.21. The summed E-state index contributed by atoms with van der Waals surface area (Å²) >= 11 is 0. The lowest BCUT2D eigenvalue weighted by atomic mass is 9.96. The van der Waals surface area contributed by atoms with Gasteiger partial charge in [-0.05, 0) is 56.5 Å². The zero-order chi connectivity index (χ0) is 29.7. The molecule has 0 aliphatic rings. The molecule has 3 amide bonds. The van der Waals surface area contributed by atoms with Gasteiger partial charge in [-0.3, -0.25) is 9.59 Å². The van der Waals surface area contributed by atoms with Crippen LogP contribution in [-0.4, -0.2) is 52.6 Å². The molecule has 0 bridgehead atoms. The topological polar surface area (TPSA) is 132 Å². The third-order valence-electron chi connectivity index (χ3n) is 5.94. The maximum atomic E-state index is 14.1. The molecule has 2 atom stereocenters. The molecule has 0 radical (unpaired) electrons. The van der Waals surface area contributed by atoms with Gasteiger partial charge in [0.25, 0.3) is 0 Å². The number of hydrogen-bond acceptors (Lipinski definition) is 6. The zero-order valence-corrected chi connectivity index (χ0v) is 23.6. The van der Waals surface area contributed by atoms with Crippen LogP contribution in [-0.2, 0) is 20.7 Å². The summed E-state index contributed by atoms with van der Waals surface area (Å²) in [6.07, 6.45) is 7.56. The van der Waals surface area contributed by atoms with Gasteiger partial charge in [0.1, 0.15) is 30.0 Å². The fourth-order valence-corrected chi connectivity index (χ4v) is 4.09. The second-order valence-electron chi connectivity index (χ2n) is 10.3. The van der Waals surface area contributed by atoms with E-state index in [1.165, 1.54) is 12.1 Å². The van der Waals surface area contributed by atoms with E-state index in [9.17, 15) is 24.8 Å². The van der Waals surface area contributed by atoms with Crippen LogP contribution in [0.2, 0.25) is 0 Å². The maximum Gasteiger partial charge on any atom is 0.408 e. The van der Waals surface area contributed by atoms with E-state index in [2.05, 4.69) is 16.6 Å². The first kappa shape index (κ1) is 31.7. The van der Waals surface area contributed by atoms with Crippen molar-refractivity contribution < 1.29 is 24.2 Å². The molecule has 0 heterocycles. The molecule has 9 nitrogen and oxygen atoms in total. The summed E-state index contributed by atoms with van der Waals surface area (Å²) < 4.78 is 5.39. The Morgan fingerprint density at radius 3 is 2.38 bits per heavy atom. The zero-order valence-electron chi connectivity index (χ0n) is 23.6. The Morgan fingerprint density at radius 1 is 1.10 bits per heavy atom. The predicted molar refractivity (Wildman–Crippen MR) is 152 cm³/mol. The maximum absolute atomic E-state index is 14.1. The van der Waals surface area contributed by atoms with Crippen molar-refractivity contribution in [3.8, 4) is 24.2 Å². The van der Waals surface area contributed by atoms with Gasteiger partial charge in [0, 0.05) is 18.5 Å². The number of rotatable bonds is 12. The Hall–Kier alpha value is -4.50. The number of unbranched alkanes of at least 4 members (excludes halogenated alkanes) is 2. The Kier molecular flexibility index (Phi) is 12.0. The summed E-state index contributed by atoms with van der Waals surface area (Å²) in [6.45, 7) is 7.09. The number of carbonyl (C=O) groups excluding carboxylic acids is 3. The van der Waals surface area contributed by atoms with Crippen molar-refractivity contribution in [3.05, 3.63) is 65.2 Å². The molecule has 2 unspecified atom stereocenters. The lowest BCUT2D eigenvalue weighted by molar-refractivity contribution is -0.141. The number of alkyl carbamates (subject to hydrolysis) is 1. The van der Waals surface area contributed by atoms with Crippen molar-refractivity contribution in [1.82, 2.24) is 15.5 Å². The molecular formula is C31H38N4O5. The third kappa shape index (κ3) is 9.67. The summed E-state index contributed by atoms with van der Waals surface area (Å²) in [5.74, 6) is 1.46. The van der Waals surface area contributed by atoms with E-state index in [0.29, 0.717) is 23.2 Å². The number of amides is 3. The normalized spacial score (nSPS) is 12.2. The van der Waals surface area contributed by atoms with Gasteiger partial charge in [-0.15, -0.1) is 6.42 Å². The Morgan fingerprint density at radius 2 is 1.77 bits per heavy atom.